The number of amides is 1. The molecular weight excluding hydrogens is 528 g/mol. The second-order valence-corrected chi connectivity index (χ2v) is 11.6. The molecule has 192 valence electrons. The van der Waals surface area contributed by atoms with E-state index >= 15 is 0 Å². The molecule has 1 N–H and O–H groups in total. The van der Waals surface area contributed by atoms with Gasteiger partial charge in [0.2, 0.25) is 5.91 Å². The average molecular weight is 551 g/mol. The third kappa shape index (κ3) is 3.22. The number of anilines is 2. The van der Waals surface area contributed by atoms with Crippen LogP contribution in [0.25, 0.3) is 5.57 Å². The van der Waals surface area contributed by atoms with Gasteiger partial charge in [-0.05, 0) is 53.8 Å². The van der Waals surface area contributed by atoms with Gasteiger partial charge in [0.25, 0.3) is 0 Å². The molecule has 1 aromatic heterocycles. The zero-order valence-electron chi connectivity index (χ0n) is 20.9. The first-order valence-electron chi connectivity index (χ1n) is 12.8. The van der Waals surface area contributed by atoms with Crippen LogP contribution in [0.15, 0.2) is 96.4 Å². The van der Waals surface area contributed by atoms with Crippen molar-refractivity contribution < 1.29 is 14.4 Å². The van der Waals surface area contributed by atoms with E-state index in [1.54, 1.807) is 30.3 Å². The van der Waals surface area contributed by atoms with Crippen molar-refractivity contribution in [3.63, 3.8) is 0 Å². The number of nitrogens with one attached hydrogen (secondary N) is 1. The first-order chi connectivity index (χ1) is 18.9. The number of para-hydroxylation sites is 2. The Labute approximate surface area is 234 Å². The van der Waals surface area contributed by atoms with Crippen LogP contribution >= 0.6 is 22.9 Å². The summed E-state index contributed by atoms with van der Waals surface area (Å²) in [6.45, 7) is 2.02. The van der Waals surface area contributed by atoms with E-state index in [9.17, 15) is 14.4 Å². The Morgan fingerprint density at radius 3 is 2.46 bits per heavy atom. The van der Waals surface area contributed by atoms with Gasteiger partial charge in [-0.1, -0.05) is 72.3 Å². The first kappa shape index (κ1) is 24.1. The van der Waals surface area contributed by atoms with E-state index in [4.69, 9.17) is 11.6 Å². The quantitative estimate of drug-likeness (QED) is 0.289. The summed E-state index contributed by atoms with van der Waals surface area (Å²) in [5.41, 5.74) is 3.20. The SMILES string of the molecule is CC1=C[C@@H]2N(c3ccccc31)[C@@H](C(=O)c1ccccc1Cl)[C@@H](C(=O)c1cccs1)[C@@]21C(=O)Nc2ccccc21. The number of Topliss-reactive ketones (excluding diaryl/α,β-unsaturated/α-hetero) is 2. The number of fused-ring (bicyclic) bond motifs is 6. The summed E-state index contributed by atoms with van der Waals surface area (Å²) in [7, 11) is 0. The lowest BCUT2D eigenvalue weighted by Gasteiger charge is -2.39. The highest BCUT2D eigenvalue weighted by Crippen LogP contribution is 2.59. The van der Waals surface area contributed by atoms with Crippen LogP contribution < -0.4 is 10.2 Å². The highest BCUT2D eigenvalue weighted by molar-refractivity contribution is 7.12. The summed E-state index contributed by atoms with van der Waals surface area (Å²) in [5.74, 6) is -1.77. The van der Waals surface area contributed by atoms with Crippen LogP contribution in [0.3, 0.4) is 0 Å². The molecule has 0 saturated carbocycles. The lowest BCUT2D eigenvalue weighted by molar-refractivity contribution is -0.121. The fraction of sp³-hybridized carbons (Fsp3) is 0.156. The molecule has 1 saturated heterocycles. The van der Waals surface area contributed by atoms with E-state index in [2.05, 4.69) is 11.4 Å². The zero-order valence-corrected chi connectivity index (χ0v) is 22.5. The second-order valence-electron chi connectivity index (χ2n) is 10.2. The molecular formula is C32H23ClN2O3S. The summed E-state index contributed by atoms with van der Waals surface area (Å²) in [6, 6.07) is 24.3. The Kier molecular flexibility index (Phi) is 5.41. The van der Waals surface area contributed by atoms with Gasteiger partial charge in [-0.2, -0.15) is 0 Å². The van der Waals surface area contributed by atoms with Crippen molar-refractivity contribution in [3.8, 4) is 0 Å². The van der Waals surface area contributed by atoms with E-state index in [0.717, 1.165) is 22.4 Å². The highest BCUT2D eigenvalue weighted by atomic mass is 35.5. The highest BCUT2D eigenvalue weighted by Gasteiger charge is 2.70. The van der Waals surface area contributed by atoms with Gasteiger partial charge in [0.1, 0.15) is 11.5 Å². The standard InChI is InChI=1S/C32H23ClN2O3S/c1-18-17-26-32(21-11-4-6-13-23(21)34-31(32)38)27(30(37)25-15-8-16-39-25)28(29(36)20-10-2-5-12-22(20)33)35(26)24-14-7-3-9-19(18)24/h2-17,26-28H,1H3,(H,34,38)/t26-,27-,28+,32-/m0/s1. The van der Waals surface area contributed by atoms with E-state index in [1.165, 1.54) is 11.3 Å². The van der Waals surface area contributed by atoms with Gasteiger partial charge in [-0.25, -0.2) is 0 Å². The van der Waals surface area contributed by atoms with E-state index in [1.807, 2.05) is 71.8 Å². The van der Waals surface area contributed by atoms with Crippen molar-refractivity contribution in [1.82, 2.24) is 0 Å². The fourth-order valence-electron chi connectivity index (χ4n) is 6.78. The van der Waals surface area contributed by atoms with Crippen molar-refractivity contribution in [2.75, 3.05) is 10.2 Å². The Bertz CT molecular complexity index is 1710. The van der Waals surface area contributed by atoms with Crippen molar-refractivity contribution in [3.05, 3.63) is 123 Å². The number of thiophene rings is 1. The summed E-state index contributed by atoms with van der Waals surface area (Å²) in [4.78, 5) is 46.1. The molecule has 1 amide bonds. The molecule has 3 aromatic carbocycles. The molecule has 0 unspecified atom stereocenters. The van der Waals surface area contributed by atoms with Crippen molar-refractivity contribution >= 4 is 57.4 Å². The number of rotatable bonds is 4. The Hall–Kier alpha value is -4.00. The molecule has 4 heterocycles. The van der Waals surface area contributed by atoms with Crippen LogP contribution in [0.5, 0.6) is 0 Å². The summed E-state index contributed by atoms with van der Waals surface area (Å²) >= 11 is 7.89. The molecule has 39 heavy (non-hydrogen) atoms. The van der Waals surface area contributed by atoms with E-state index in [-0.39, 0.29) is 17.5 Å². The third-order valence-electron chi connectivity index (χ3n) is 8.34. The van der Waals surface area contributed by atoms with E-state index in [0.29, 0.717) is 21.2 Å². The van der Waals surface area contributed by atoms with Crippen molar-refractivity contribution in [2.45, 2.75) is 24.4 Å². The largest absolute Gasteiger partial charge is 0.352 e. The maximum Gasteiger partial charge on any atom is 0.238 e. The van der Waals surface area contributed by atoms with Crippen molar-refractivity contribution in [2.24, 2.45) is 5.92 Å². The predicted molar refractivity (Wildman–Crippen MR) is 155 cm³/mol. The van der Waals surface area contributed by atoms with Gasteiger partial charge in [-0.3, -0.25) is 14.4 Å². The average Bonchev–Trinajstić information content (AvgIpc) is 3.66. The van der Waals surface area contributed by atoms with Gasteiger partial charge in [0.15, 0.2) is 11.6 Å². The van der Waals surface area contributed by atoms with Gasteiger partial charge in [-0.15, -0.1) is 11.3 Å². The molecule has 0 bridgehead atoms. The van der Waals surface area contributed by atoms with Crippen LogP contribution in [0.2, 0.25) is 5.02 Å². The molecule has 5 nitrogen and oxygen atoms in total. The zero-order chi connectivity index (χ0) is 26.9. The van der Waals surface area contributed by atoms with Crippen LogP contribution in [0.1, 0.15) is 38.1 Å². The Morgan fingerprint density at radius 2 is 1.67 bits per heavy atom. The Balaban J connectivity index is 1.57. The van der Waals surface area contributed by atoms with Gasteiger partial charge in [0.05, 0.1) is 21.9 Å². The smallest absolute Gasteiger partial charge is 0.238 e. The molecule has 0 aliphatic carbocycles. The molecule has 0 radical (unpaired) electrons. The van der Waals surface area contributed by atoms with Crippen LogP contribution in [0.4, 0.5) is 11.4 Å². The lowest BCUT2D eigenvalue weighted by atomic mass is 9.64. The topological polar surface area (TPSA) is 66.5 Å². The number of ketones is 2. The minimum absolute atomic E-state index is 0.222. The minimum atomic E-state index is -1.33. The number of hydrogen-bond acceptors (Lipinski definition) is 5. The fourth-order valence-corrected chi connectivity index (χ4v) is 7.71. The predicted octanol–water partition coefficient (Wildman–Crippen LogP) is 6.65. The number of halogens is 1. The molecule has 4 aromatic rings. The molecule has 7 rings (SSSR count). The maximum absolute atomic E-state index is 14.6. The molecule has 1 fully saturated rings. The number of carbonyl (C=O) groups is 3. The lowest BCUT2D eigenvalue weighted by Crippen LogP contribution is -2.51. The molecule has 4 atom stereocenters. The number of allylic oxidation sites excluding steroid dienone is 1. The van der Waals surface area contributed by atoms with E-state index < -0.39 is 23.4 Å². The summed E-state index contributed by atoms with van der Waals surface area (Å²) in [5, 5.41) is 5.22. The first-order valence-corrected chi connectivity index (χ1v) is 14.0. The maximum atomic E-state index is 14.6. The number of hydrogen-bond donors (Lipinski definition) is 1. The van der Waals surface area contributed by atoms with Crippen LogP contribution in [-0.2, 0) is 10.2 Å². The molecule has 3 aliphatic rings. The molecule has 3 aliphatic heterocycles. The molecule has 1 spiro atoms. The summed E-state index contributed by atoms with van der Waals surface area (Å²) in [6.07, 6.45) is 2.05. The normalized spacial score (nSPS) is 24.6. The summed E-state index contributed by atoms with van der Waals surface area (Å²) < 4.78 is 0. The van der Waals surface area contributed by atoms with Gasteiger partial charge >= 0.3 is 0 Å². The number of carbonyl (C=O) groups excluding carboxylic acids is 3. The monoisotopic (exact) mass is 550 g/mol. The number of benzene rings is 3. The number of nitrogens with zero attached hydrogens (tertiary/aromatic N) is 1. The van der Waals surface area contributed by atoms with Crippen LogP contribution in [0, 0.1) is 5.92 Å². The second kappa shape index (κ2) is 8.76. The third-order valence-corrected chi connectivity index (χ3v) is 9.55. The minimum Gasteiger partial charge on any atom is -0.352 e. The van der Waals surface area contributed by atoms with Crippen LogP contribution in [-0.4, -0.2) is 29.6 Å². The van der Waals surface area contributed by atoms with Gasteiger partial charge in [0, 0.05) is 22.5 Å². The Morgan fingerprint density at radius 1 is 0.923 bits per heavy atom. The van der Waals surface area contributed by atoms with Gasteiger partial charge < -0.3 is 10.2 Å². The molecule has 7 heteroatoms. The van der Waals surface area contributed by atoms with Crippen molar-refractivity contribution in [1.29, 1.82) is 0 Å².